The van der Waals surface area contributed by atoms with Gasteiger partial charge in [-0.25, -0.2) is 4.79 Å². The van der Waals surface area contributed by atoms with Gasteiger partial charge in [-0.05, 0) is 56.2 Å². The van der Waals surface area contributed by atoms with Crippen molar-refractivity contribution in [2.75, 3.05) is 7.11 Å². The lowest BCUT2D eigenvalue weighted by Crippen LogP contribution is -2.50. The van der Waals surface area contributed by atoms with Crippen molar-refractivity contribution in [1.29, 1.82) is 0 Å². The van der Waals surface area contributed by atoms with Gasteiger partial charge in [-0.15, -0.1) is 0 Å². The summed E-state index contributed by atoms with van der Waals surface area (Å²) in [6, 6.07) is 2.61. The van der Waals surface area contributed by atoms with Crippen molar-refractivity contribution in [3.8, 4) is 11.5 Å². The Labute approximate surface area is 167 Å². The number of ether oxygens (including phenoxy) is 3. The number of fused-ring (bicyclic) bond motifs is 1. The average Bonchev–Trinajstić information content (AvgIpc) is 2.66. The number of carbonyl (C=O) groups excluding carboxylic acids is 3. The molecule has 1 N–H and O–H groups in total. The summed E-state index contributed by atoms with van der Waals surface area (Å²) >= 11 is 0. The number of benzene rings is 1. The zero-order valence-corrected chi connectivity index (χ0v) is 16.4. The van der Waals surface area contributed by atoms with Crippen LogP contribution in [-0.4, -0.2) is 35.4 Å². The molecule has 1 atom stereocenters. The van der Waals surface area contributed by atoms with E-state index in [1.54, 1.807) is 25.2 Å². The fraction of sp³-hybridized carbons (Fsp3) is 0.227. The summed E-state index contributed by atoms with van der Waals surface area (Å²) < 4.78 is 15.9. The zero-order valence-electron chi connectivity index (χ0n) is 16.4. The molecular weight excluding hydrogens is 376 g/mol. The molecule has 1 heterocycles. The second kappa shape index (κ2) is 7.43. The highest BCUT2D eigenvalue weighted by Gasteiger charge is 2.49. The smallest absolute Gasteiger partial charge is 0.343 e. The molecule has 0 radical (unpaired) electrons. The van der Waals surface area contributed by atoms with Crippen molar-refractivity contribution in [3.05, 3.63) is 70.7 Å². The van der Waals surface area contributed by atoms with Gasteiger partial charge in [0, 0.05) is 6.07 Å². The standard InChI is InChI=1S/C22H20O7/c1-5-6-15-8-13-9-18(24)22(3,20(25)16(13)11-28-15)29-21(26)19-12(2)7-14(23)10-17(19)27-4/h5-11,23H,1-4H3/b6-5+/t22-/m0/s1. The minimum atomic E-state index is -2.04. The molecule has 1 aromatic rings. The number of hydrogen-bond donors (Lipinski definition) is 1. The zero-order chi connectivity index (χ0) is 21.3. The third-order valence-corrected chi connectivity index (χ3v) is 4.69. The lowest BCUT2D eigenvalue weighted by molar-refractivity contribution is -0.145. The number of rotatable bonds is 4. The second-order valence-electron chi connectivity index (χ2n) is 6.75. The summed E-state index contributed by atoms with van der Waals surface area (Å²) in [4.78, 5) is 38.6. The molecule has 1 aliphatic carbocycles. The van der Waals surface area contributed by atoms with Crippen LogP contribution in [0.5, 0.6) is 11.5 Å². The number of hydrogen-bond acceptors (Lipinski definition) is 7. The minimum absolute atomic E-state index is 0.0195. The Morgan fingerprint density at radius 2 is 1.97 bits per heavy atom. The van der Waals surface area contributed by atoms with E-state index >= 15 is 0 Å². The highest BCUT2D eigenvalue weighted by molar-refractivity contribution is 6.26. The quantitative estimate of drug-likeness (QED) is 0.617. The average molecular weight is 396 g/mol. The van der Waals surface area contributed by atoms with Crippen LogP contribution in [0.1, 0.15) is 29.8 Å². The Balaban J connectivity index is 1.98. The van der Waals surface area contributed by atoms with Crippen molar-refractivity contribution in [2.45, 2.75) is 26.4 Å². The van der Waals surface area contributed by atoms with Crippen LogP contribution >= 0.6 is 0 Å². The minimum Gasteiger partial charge on any atom is -0.508 e. The first kappa shape index (κ1) is 20.1. The van der Waals surface area contributed by atoms with Gasteiger partial charge < -0.3 is 19.3 Å². The molecule has 0 bridgehead atoms. The number of phenols is 1. The van der Waals surface area contributed by atoms with Crippen molar-refractivity contribution in [1.82, 2.24) is 0 Å². The normalized spacial score (nSPS) is 21.0. The molecule has 0 spiro atoms. The Kier molecular flexibility index (Phi) is 5.16. The maximum atomic E-state index is 13.0. The molecule has 0 saturated carbocycles. The lowest BCUT2D eigenvalue weighted by atomic mass is 9.80. The largest absolute Gasteiger partial charge is 0.508 e. The van der Waals surface area contributed by atoms with Gasteiger partial charge in [-0.1, -0.05) is 6.08 Å². The summed E-state index contributed by atoms with van der Waals surface area (Å²) in [6.45, 7) is 4.64. The van der Waals surface area contributed by atoms with E-state index < -0.39 is 23.1 Å². The van der Waals surface area contributed by atoms with Crippen LogP contribution in [0, 0.1) is 6.92 Å². The molecular formula is C22H20O7. The van der Waals surface area contributed by atoms with E-state index in [0.717, 1.165) is 0 Å². The van der Waals surface area contributed by atoms with Crippen LogP contribution in [0.15, 0.2) is 59.6 Å². The molecule has 1 aromatic carbocycles. The third kappa shape index (κ3) is 3.47. The van der Waals surface area contributed by atoms with Crippen molar-refractivity contribution >= 4 is 17.5 Å². The highest BCUT2D eigenvalue weighted by atomic mass is 16.6. The Hall–Kier alpha value is -3.61. The van der Waals surface area contributed by atoms with Crippen molar-refractivity contribution in [3.63, 3.8) is 0 Å². The third-order valence-electron chi connectivity index (χ3n) is 4.69. The fourth-order valence-electron chi connectivity index (χ4n) is 3.16. The van der Waals surface area contributed by atoms with Crippen LogP contribution in [0.3, 0.4) is 0 Å². The molecule has 0 fully saturated rings. The van der Waals surface area contributed by atoms with Gasteiger partial charge in [-0.2, -0.15) is 0 Å². The van der Waals surface area contributed by atoms with Gasteiger partial charge in [-0.3, -0.25) is 9.59 Å². The molecule has 7 nitrogen and oxygen atoms in total. The Morgan fingerprint density at radius 3 is 2.62 bits per heavy atom. The maximum absolute atomic E-state index is 13.0. The van der Waals surface area contributed by atoms with Gasteiger partial charge in [0.2, 0.25) is 17.2 Å². The topological polar surface area (TPSA) is 99.1 Å². The summed E-state index contributed by atoms with van der Waals surface area (Å²) in [5, 5.41) is 9.70. The lowest BCUT2D eigenvalue weighted by Gasteiger charge is -2.31. The van der Waals surface area contributed by atoms with E-state index in [9.17, 15) is 19.5 Å². The van der Waals surface area contributed by atoms with E-state index in [0.29, 0.717) is 16.9 Å². The SMILES string of the molecule is C/C=C/C1=CC2=CC(=O)[C@](C)(OC(=O)c3c(C)cc(O)cc3OC)C(=O)C2=CO1. The number of phenolic OH excluding ortho intramolecular Hbond substituents is 1. The van der Waals surface area contributed by atoms with Crippen molar-refractivity contribution in [2.24, 2.45) is 0 Å². The van der Waals surface area contributed by atoms with Gasteiger partial charge in [0.25, 0.3) is 0 Å². The Morgan fingerprint density at radius 1 is 1.24 bits per heavy atom. The summed E-state index contributed by atoms with van der Waals surface area (Å²) in [5.41, 5.74) is -1.11. The number of allylic oxidation sites excluding steroid dienone is 4. The van der Waals surface area contributed by atoms with Gasteiger partial charge >= 0.3 is 5.97 Å². The van der Waals surface area contributed by atoms with Gasteiger partial charge in [0.15, 0.2) is 0 Å². The molecule has 7 heteroatoms. The number of methoxy groups -OCH3 is 1. The Bertz CT molecular complexity index is 1040. The van der Waals surface area contributed by atoms with E-state index in [2.05, 4.69) is 0 Å². The van der Waals surface area contributed by atoms with Crippen molar-refractivity contribution < 1.29 is 33.7 Å². The monoisotopic (exact) mass is 396 g/mol. The number of ketones is 2. The molecule has 2 aliphatic rings. The molecule has 1 aliphatic heterocycles. The second-order valence-corrected chi connectivity index (χ2v) is 6.75. The number of Topliss-reactive ketones (excluding diaryl/α,β-unsaturated/α-hetero) is 1. The molecule has 0 saturated heterocycles. The molecule has 0 aromatic heterocycles. The van der Waals surface area contributed by atoms with Crippen LogP contribution < -0.4 is 4.74 Å². The number of aromatic hydroxyl groups is 1. The van der Waals surface area contributed by atoms with E-state index in [4.69, 9.17) is 14.2 Å². The van der Waals surface area contributed by atoms with E-state index in [-0.39, 0.29) is 22.6 Å². The van der Waals surface area contributed by atoms with Gasteiger partial charge in [0.1, 0.15) is 29.1 Å². The molecule has 150 valence electrons. The first-order valence-electron chi connectivity index (χ1n) is 8.84. The molecule has 29 heavy (non-hydrogen) atoms. The summed E-state index contributed by atoms with van der Waals surface area (Å²) in [5.74, 6) is -1.79. The van der Waals surface area contributed by atoms with E-state index in [1.807, 2.05) is 6.92 Å². The summed E-state index contributed by atoms with van der Waals surface area (Å²) in [7, 11) is 1.33. The predicted octanol–water partition coefficient (Wildman–Crippen LogP) is 3.08. The molecule has 3 rings (SSSR count). The fourth-order valence-corrected chi connectivity index (χ4v) is 3.16. The maximum Gasteiger partial charge on any atom is 0.343 e. The van der Waals surface area contributed by atoms with Crippen LogP contribution in [0.4, 0.5) is 0 Å². The number of carbonyl (C=O) groups is 3. The highest BCUT2D eigenvalue weighted by Crippen LogP contribution is 2.35. The first-order valence-corrected chi connectivity index (χ1v) is 8.84. The number of esters is 1. The number of aryl methyl sites for hydroxylation is 1. The van der Waals surface area contributed by atoms with Crippen LogP contribution in [-0.2, 0) is 19.1 Å². The summed E-state index contributed by atoms with van der Waals surface area (Å²) in [6.07, 6.45) is 7.52. The molecule has 0 unspecified atom stereocenters. The first-order chi connectivity index (χ1) is 13.7. The predicted molar refractivity (Wildman–Crippen MR) is 103 cm³/mol. The van der Waals surface area contributed by atoms with Crippen LogP contribution in [0.25, 0.3) is 0 Å². The van der Waals surface area contributed by atoms with E-state index in [1.165, 1.54) is 38.5 Å². The van der Waals surface area contributed by atoms with Gasteiger partial charge in [0.05, 0.1) is 12.7 Å². The van der Waals surface area contributed by atoms with Crippen LogP contribution in [0.2, 0.25) is 0 Å². The molecule has 0 amide bonds.